The largest absolute Gasteiger partial charge is 0.308 e. The van der Waals surface area contributed by atoms with Gasteiger partial charge in [0.1, 0.15) is 6.33 Å². The van der Waals surface area contributed by atoms with Crippen molar-refractivity contribution in [2.75, 3.05) is 7.05 Å². The third-order valence-corrected chi connectivity index (χ3v) is 3.13. The molecule has 0 aliphatic carbocycles. The maximum absolute atomic E-state index is 4.49. The molecule has 4 heteroatoms. The molecule has 0 amide bonds. The summed E-state index contributed by atoms with van der Waals surface area (Å²) >= 11 is 0. The molecule has 19 heavy (non-hydrogen) atoms. The van der Waals surface area contributed by atoms with Gasteiger partial charge in [-0.15, -0.1) is 0 Å². The van der Waals surface area contributed by atoms with E-state index in [1.54, 1.807) is 12.5 Å². The van der Waals surface area contributed by atoms with Crippen LogP contribution in [0.1, 0.15) is 17.3 Å². The summed E-state index contributed by atoms with van der Waals surface area (Å²) in [6.45, 7) is 0. The van der Waals surface area contributed by atoms with Crippen LogP contribution in [-0.2, 0) is 0 Å². The van der Waals surface area contributed by atoms with Crippen molar-refractivity contribution in [1.29, 1.82) is 0 Å². The van der Waals surface area contributed by atoms with Crippen molar-refractivity contribution in [3.63, 3.8) is 0 Å². The van der Waals surface area contributed by atoms with E-state index in [-0.39, 0.29) is 6.04 Å². The van der Waals surface area contributed by atoms with Gasteiger partial charge in [0.05, 0.1) is 17.3 Å². The Balaban J connectivity index is 2.06. The fraction of sp³-hybridized carbons (Fsp3) is 0.133. The van der Waals surface area contributed by atoms with E-state index in [0.717, 1.165) is 22.2 Å². The van der Waals surface area contributed by atoms with E-state index in [0.29, 0.717) is 0 Å². The van der Waals surface area contributed by atoms with Crippen LogP contribution in [0.15, 0.2) is 55.1 Å². The van der Waals surface area contributed by atoms with Crippen LogP contribution in [0.2, 0.25) is 0 Å². The molecule has 1 aromatic carbocycles. The standard InChI is InChI=1S/C15H14N4/c1-16-15(14-6-7-17-10-19-14)12-8-11-4-2-3-5-13(11)18-9-12/h2-10,15-16H,1H3. The smallest absolute Gasteiger partial charge is 0.115 e. The second-order valence-corrected chi connectivity index (χ2v) is 4.32. The quantitative estimate of drug-likeness (QED) is 0.775. The Morgan fingerprint density at radius 1 is 1.11 bits per heavy atom. The Morgan fingerprint density at radius 3 is 2.79 bits per heavy atom. The summed E-state index contributed by atoms with van der Waals surface area (Å²) in [4.78, 5) is 12.7. The van der Waals surface area contributed by atoms with E-state index >= 15 is 0 Å². The van der Waals surface area contributed by atoms with Crippen molar-refractivity contribution >= 4 is 10.9 Å². The van der Waals surface area contributed by atoms with Gasteiger partial charge in [0.2, 0.25) is 0 Å². The lowest BCUT2D eigenvalue weighted by atomic mass is 10.0. The molecule has 0 aliphatic rings. The average molecular weight is 250 g/mol. The van der Waals surface area contributed by atoms with Crippen LogP contribution in [0.3, 0.4) is 0 Å². The highest BCUT2D eigenvalue weighted by molar-refractivity contribution is 5.78. The molecule has 2 heterocycles. The molecule has 0 aliphatic heterocycles. The molecular formula is C15H14N4. The highest BCUT2D eigenvalue weighted by Gasteiger charge is 2.13. The highest BCUT2D eigenvalue weighted by Crippen LogP contribution is 2.22. The maximum atomic E-state index is 4.49. The van der Waals surface area contributed by atoms with E-state index in [1.807, 2.05) is 37.5 Å². The Hall–Kier alpha value is -2.33. The number of aromatic nitrogens is 3. The van der Waals surface area contributed by atoms with Crippen molar-refractivity contribution in [2.24, 2.45) is 0 Å². The summed E-state index contributed by atoms with van der Waals surface area (Å²) in [5.74, 6) is 0. The molecule has 3 rings (SSSR count). The van der Waals surface area contributed by atoms with Crippen LogP contribution in [-0.4, -0.2) is 22.0 Å². The summed E-state index contributed by atoms with van der Waals surface area (Å²) in [6, 6.07) is 12.2. The molecule has 0 radical (unpaired) electrons. The van der Waals surface area contributed by atoms with Gasteiger partial charge in [0.15, 0.2) is 0 Å². The fourth-order valence-electron chi connectivity index (χ4n) is 2.20. The first-order valence-corrected chi connectivity index (χ1v) is 6.16. The van der Waals surface area contributed by atoms with Gasteiger partial charge in [-0.05, 0) is 30.8 Å². The number of rotatable bonds is 3. The van der Waals surface area contributed by atoms with Crippen LogP contribution < -0.4 is 5.32 Å². The Kier molecular flexibility index (Phi) is 3.16. The van der Waals surface area contributed by atoms with Gasteiger partial charge in [-0.2, -0.15) is 0 Å². The zero-order chi connectivity index (χ0) is 13.1. The lowest BCUT2D eigenvalue weighted by molar-refractivity contribution is 0.667. The SMILES string of the molecule is CNC(c1cnc2ccccc2c1)c1ccncn1. The monoisotopic (exact) mass is 250 g/mol. The summed E-state index contributed by atoms with van der Waals surface area (Å²) in [6.07, 6.45) is 5.21. The molecule has 0 saturated carbocycles. The van der Waals surface area contributed by atoms with E-state index in [9.17, 15) is 0 Å². The van der Waals surface area contributed by atoms with Crippen molar-refractivity contribution in [2.45, 2.75) is 6.04 Å². The second kappa shape index (κ2) is 5.12. The molecule has 1 unspecified atom stereocenters. The molecule has 1 atom stereocenters. The molecule has 3 aromatic rings. The molecule has 0 spiro atoms. The summed E-state index contributed by atoms with van der Waals surface area (Å²) < 4.78 is 0. The van der Waals surface area contributed by atoms with Crippen LogP contribution in [0.4, 0.5) is 0 Å². The number of pyridine rings is 1. The highest BCUT2D eigenvalue weighted by atomic mass is 14.9. The van der Waals surface area contributed by atoms with Gasteiger partial charge in [-0.3, -0.25) is 4.98 Å². The van der Waals surface area contributed by atoms with E-state index in [1.165, 1.54) is 0 Å². The molecule has 4 nitrogen and oxygen atoms in total. The zero-order valence-electron chi connectivity index (χ0n) is 10.6. The topological polar surface area (TPSA) is 50.7 Å². The summed E-state index contributed by atoms with van der Waals surface area (Å²) in [7, 11) is 1.92. The first-order valence-electron chi connectivity index (χ1n) is 6.16. The van der Waals surface area contributed by atoms with Gasteiger partial charge < -0.3 is 5.32 Å². The molecule has 2 aromatic heterocycles. The predicted octanol–water partition coefficient (Wildman–Crippen LogP) is 2.33. The van der Waals surface area contributed by atoms with E-state index < -0.39 is 0 Å². The van der Waals surface area contributed by atoms with Gasteiger partial charge >= 0.3 is 0 Å². The van der Waals surface area contributed by atoms with Crippen LogP contribution in [0.25, 0.3) is 10.9 Å². The van der Waals surface area contributed by atoms with E-state index in [4.69, 9.17) is 0 Å². The molecule has 1 N–H and O–H groups in total. The van der Waals surface area contributed by atoms with Gasteiger partial charge in [0.25, 0.3) is 0 Å². The second-order valence-electron chi connectivity index (χ2n) is 4.32. The normalized spacial score (nSPS) is 12.5. The Labute approximate surface area is 111 Å². The number of nitrogens with one attached hydrogen (secondary N) is 1. The minimum atomic E-state index is 0.0279. The lowest BCUT2D eigenvalue weighted by Gasteiger charge is -2.15. The zero-order valence-corrected chi connectivity index (χ0v) is 10.6. The minimum Gasteiger partial charge on any atom is -0.308 e. The van der Waals surface area contributed by atoms with Crippen LogP contribution in [0.5, 0.6) is 0 Å². The van der Waals surface area contributed by atoms with Gasteiger partial charge in [-0.1, -0.05) is 18.2 Å². The minimum absolute atomic E-state index is 0.0279. The number of hydrogen-bond acceptors (Lipinski definition) is 4. The molecular weight excluding hydrogens is 236 g/mol. The van der Waals surface area contributed by atoms with Crippen molar-refractivity contribution in [3.8, 4) is 0 Å². The average Bonchev–Trinajstić information content (AvgIpc) is 2.49. The Bertz CT molecular complexity index is 682. The van der Waals surface area contributed by atoms with E-state index in [2.05, 4.69) is 32.4 Å². The molecule has 0 fully saturated rings. The van der Waals surface area contributed by atoms with Crippen LogP contribution >= 0.6 is 0 Å². The van der Waals surface area contributed by atoms with Crippen molar-refractivity contribution in [1.82, 2.24) is 20.3 Å². The van der Waals surface area contributed by atoms with Crippen molar-refractivity contribution < 1.29 is 0 Å². The van der Waals surface area contributed by atoms with Gasteiger partial charge in [-0.25, -0.2) is 9.97 Å². The van der Waals surface area contributed by atoms with Crippen molar-refractivity contribution in [3.05, 3.63) is 66.4 Å². The van der Waals surface area contributed by atoms with Gasteiger partial charge in [0, 0.05) is 17.8 Å². The number of benzene rings is 1. The first kappa shape index (κ1) is 11.7. The predicted molar refractivity (Wildman–Crippen MR) is 74.7 cm³/mol. The number of fused-ring (bicyclic) bond motifs is 1. The third kappa shape index (κ3) is 2.30. The maximum Gasteiger partial charge on any atom is 0.115 e. The molecule has 94 valence electrons. The van der Waals surface area contributed by atoms with Crippen LogP contribution in [0, 0.1) is 0 Å². The fourth-order valence-corrected chi connectivity index (χ4v) is 2.20. The third-order valence-electron chi connectivity index (χ3n) is 3.13. The first-order chi connectivity index (χ1) is 9.38. The number of para-hydroxylation sites is 1. The molecule has 0 bridgehead atoms. The summed E-state index contributed by atoms with van der Waals surface area (Å²) in [5.41, 5.74) is 3.04. The number of nitrogens with zero attached hydrogens (tertiary/aromatic N) is 3. The lowest BCUT2D eigenvalue weighted by Crippen LogP contribution is -2.19. The number of hydrogen-bond donors (Lipinski definition) is 1. The Morgan fingerprint density at radius 2 is 2.00 bits per heavy atom. The summed E-state index contributed by atoms with van der Waals surface area (Å²) in [5, 5.41) is 4.40. The molecule has 0 saturated heterocycles.